The first-order valence-corrected chi connectivity index (χ1v) is 6.89. The third-order valence-corrected chi connectivity index (χ3v) is 3.56. The van der Waals surface area contributed by atoms with Crippen molar-refractivity contribution in [2.75, 3.05) is 26.9 Å². The van der Waals surface area contributed by atoms with Crippen molar-refractivity contribution >= 4 is 12.0 Å². The third kappa shape index (κ3) is 6.21. The number of hydrogen-bond donors (Lipinski definition) is 3. The summed E-state index contributed by atoms with van der Waals surface area (Å²) in [5.41, 5.74) is 0. The van der Waals surface area contributed by atoms with Crippen LogP contribution >= 0.6 is 0 Å². The highest BCUT2D eigenvalue weighted by atomic mass is 16.5. The predicted octanol–water partition coefficient (Wildman–Crippen LogP) is 0.590. The molecule has 0 radical (unpaired) electrons. The number of carboxylic acid groups (broad SMARTS) is 1. The Bertz CT molecular complexity index is 318. The highest BCUT2D eigenvalue weighted by molar-refractivity contribution is 5.74. The molecular formula is C13H24N2O5. The van der Waals surface area contributed by atoms with Crippen molar-refractivity contribution in [2.24, 2.45) is 5.92 Å². The van der Waals surface area contributed by atoms with E-state index in [1.807, 2.05) is 6.92 Å². The molecular weight excluding hydrogens is 264 g/mol. The summed E-state index contributed by atoms with van der Waals surface area (Å²) < 4.78 is 10.3. The molecule has 1 saturated heterocycles. The first kappa shape index (κ1) is 16.7. The van der Waals surface area contributed by atoms with E-state index in [9.17, 15) is 9.59 Å². The molecule has 0 spiro atoms. The summed E-state index contributed by atoms with van der Waals surface area (Å²) in [6, 6.07) is -0.226. The number of carboxylic acids is 1. The van der Waals surface area contributed by atoms with Gasteiger partial charge in [0.2, 0.25) is 0 Å². The molecule has 20 heavy (non-hydrogen) atoms. The fourth-order valence-electron chi connectivity index (χ4n) is 2.23. The van der Waals surface area contributed by atoms with Crippen molar-refractivity contribution in [2.45, 2.75) is 38.3 Å². The van der Waals surface area contributed by atoms with Gasteiger partial charge in [-0.1, -0.05) is 0 Å². The van der Waals surface area contributed by atoms with Crippen LogP contribution in [0.15, 0.2) is 0 Å². The van der Waals surface area contributed by atoms with Crippen LogP contribution in [-0.4, -0.2) is 56.1 Å². The van der Waals surface area contributed by atoms with E-state index in [0.717, 1.165) is 26.1 Å². The lowest BCUT2D eigenvalue weighted by Gasteiger charge is -2.28. The largest absolute Gasteiger partial charge is 0.481 e. The van der Waals surface area contributed by atoms with Crippen LogP contribution in [0.1, 0.15) is 26.2 Å². The highest BCUT2D eigenvalue weighted by Crippen LogP contribution is 2.18. The van der Waals surface area contributed by atoms with Crippen LogP contribution in [0.25, 0.3) is 0 Å². The molecule has 0 aromatic rings. The second-order valence-electron chi connectivity index (χ2n) is 5.05. The van der Waals surface area contributed by atoms with Gasteiger partial charge in [0, 0.05) is 32.9 Å². The molecule has 1 rings (SSSR count). The molecule has 0 bridgehead atoms. The van der Waals surface area contributed by atoms with Crippen LogP contribution in [0, 0.1) is 5.92 Å². The maximum Gasteiger partial charge on any atom is 0.315 e. The first-order chi connectivity index (χ1) is 9.52. The number of carbonyl (C=O) groups excluding carboxylic acids is 1. The number of ether oxygens (including phenoxy) is 2. The predicted molar refractivity (Wildman–Crippen MR) is 72.6 cm³/mol. The molecule has 3 N–H and O–H groups in total. The Morgan fingerprint density at radius 2 is 2.05 bits per heavy atom. The van der Waals surface area contributed by atoms with Crippen LogP contribution in [0.2, 0.25) is 0 Å². The zero-order chi connectivity index (χ0) is 15.0. The van der Waals surface area contributed by atoms with Gasteiger partial charge in [-0.25, -0.2) is 4.79 Å². The second-order valence-corrected chi connectivity index (χ2v) is 5.05. The minimum absolute atomic E-state index is 0.0689. The number of amides is 2. The molecule has 0 aliphatic carbocycles. The van der Waals surface area contributed by atoms with Crippen molar-refractivity contribution in [1.29, 1.82) is 0 Å². The van der Waals surface area contributed by atoms with Gasteiger partial charge in [0.25, 0.3) is 0 Å². The lowest BCUT2D eigenvalue weighted by molar-refractivity contribution is -0.139. The van der Waals surface area contributed by atoms with E-state index in [2.05, 4.69) is 10.6 Å². The fourth-order valence-corrected chi connectivity index (χ4v) is 2.23. The molecule has 2 amide bonds. The Hall–Kier alpha value is -1.34. The fraction of sp³-hybridized carbons (Fsp3) is 0.846. The zero-order valence-electron chi connectivity index (χ0n) is 12.1. The molecule has 2 atom stereocenters. The van der Waals surface area contributed by atoms with Crippen LogP contribution < -0.4 is 10.6 Å². The SMILES string of the molecule is COC(CNC(=O)NC(C)C1CCOCC1)CC(=O)O. The Morgan fingerprint density at radius 3 is 2.60 bits per heavy atom. The van der Waals surface area contributed by atoms with Crippen LogP contribution in [0.4, 0.5) is 4.79 Å². The van der Waals surface area contributed by atoms with Gasteiger partial charge in [0.15, 0.2) is 0 Å². The molecule has 1 aliphatic rings. The normalized spacial score (nSPS) is 19.1. The Morgan fingerprint density at radius 1 is 1.40 bits per heavy atom. The Labute approximate surface area is 119 Å². The lowest BCUT2D eigenvalue weighted by Crippen LogP contribution is -2.47. The van der Waals surface area contributed by atoms with E-state index >= 15 is 0 Å². The average molecular weight is 288 g/mol. The molecule has 1 heterocycles. The molecule has 0 aromatic carbocycles. The minimum atomic E-state index is -0.949. The van der Waals surface area contributed by atoms with E-state index in [0.29, 0.717) is 5.92 Å². The van der Waals surface area contributed by atoms with Crippen molar-refractivity contribution in [3.63, 3.8) is 0 Å². The van der Waals surface area contributed by atoms with Gasteiger partial charge in [0.1, 0.15) is 0 Å². The molecule has 116 valence electrons. The molecule has 2 unspecified atom stereocenters. The quantitative estimate of drug-likeness (QED) is 0.637. The summed E-state index contributed by atoms with van der Waals surface area (Å²) in [5.74, 6) is -0.527. The number of urea groups is 1. The lowest BCUT2D eigenvalue weighted by atomic mass is 9.93. The van der Waals surface area contributed by atoms with Gasteiger partial charge in [-0.15, -0.1) is 0 Å². The third-order valence-electron chi connectivity index (χ3n) is 3.56. The monoisotopic (exact) mass is 288 g/mol. The van der Waals surface area contributed by atoms with Crippen LogP contribution in [0.3, 0.4) is 0 Å². The molecule has 1 aliphatic heterocycles. The Kier molecular flexibility index (Phi) is 7.32. The maximum atomic E-state index is 11.7. The number of methoxy groups -OCH3 is 1. The number of rotatable bonds is 7. The zero-order valence-corrected chi connectivity index (χ0v) is 12.1. The van der Waals surface area contributed by atoms with Crippen molar-refractivity contribution in [3.8, 4) is 0 Å². The highest BCUT2D eigenvalue weighted by Gasteiger charge is 2.22. The first-order valence-electron chi connectivity index (χ1n) is 6.89. The molecule has 0 aromatic heterocycles. The van der Waals surface area contributed by atoms with Crippen LogP contribution in [0.5, 0.6) is 0 Å². The van der Waals surface area contributed by atoms with E-state index in [4.69, 9.17) is 14.6 Å². The van der Waals surface area contributed by atoms with Gasteiger partial charge in [-0.2, -0.15) is 0 Å². The number of aliphatic carboxylic acids is 1. The summed E-state index contributed by atoms with van der Waals surface area (Å²) in [7, 11) is 1.43. The summed E-state index contributed by atoms with van der Waals surface area (Å²) >= 11 is 0. The van der Waals surface area contributed by atoms with Gasteiger partial charge in [-0.3, -0.25) is 4.79 Å². The average Bonchev–Trinajstić information content (AvgIpc) is 2.44. The summed E-state index contributed by atoms with van der Waals surface area (Å²) in [4.78, 5) is 22.3. The van der Waals surface area contributed by atoms with Crippen LogP contribution in [-0.2, 0) is 14.3 Å². The molecule has 7 heteroatoms. The molecule has 0 saturated carbocycles. The minimum Gasteiger partial charge on any atom is -0.481 e. The summed E-state index contributed by atoms with van der Waals surface area (Å²) in [5, 5.41) is 14.2. The van der Waals surface area contributed by atoms with Gasteiger partial charge in [0.05, 0.1) is 12.5 Å². The number of hydrogen-bond acceptors (Lipinski definition) is 4. The number of carbonyl (C=O) groups is 2. The molecule has 1 fully saturated rings. The summed E-state index contributed by atoms with van der Waals surface area (Å²) in [6.07, 6.45) is 1.24. The Balaban J connectivity index is 2.26. The molecule has 7 nitrogen and oxygen atoms in total. The second kappa shape index (κ2) is 8.76. The van der Waals surface area contributed by atoms with E-state index in [1.54, 1.807) is 0 Å². The van der Waals surface area contributed by atoms with E-state index in [1.165, 1.54) is 7.11 Å². The maximum absolute atomic E-state index is 11.7. The summed E-state index contributed by atoms with van der Waals surface area (Å²) in [6.45, 7) is 3.63. The van der Waals surface area contributed by atoms with Crippen molar-refractivity contribution in [1.82, 2.24) is 10.6 Å². The smallest absolute Gasteiger partial charge is 0.315 e. The van der Waals surface area contributed by atoms with Gasteiger partial charge in [-0.05, 0) is 25.7 Å². The van der Waals surface area contributed by atoms with Crippen molar-refractivity contribution < 1.29 is 24.2 Å². The number of nitrogens with one attached hydrogen (secondary N) is 2. The van der Waals surface area contributed by atoms with E-state index in [-0.39, 0.29) is 25.0 Å². The van der Waals surface area contributed by atoms with Gasteiger partial charge < -0.3 is 25.2 Å². The standard InChI is InChI=1S/C13H24N2O5/c1-9(10-3-5-20-6-4-10)15-13(18)14-8-11(19-2)7-12(16)17/h9-11H,3-8H2,1-2H3,(H,16,17)(H2,14,15,18). The van der Waals surface area contributed by atoms with Gasteiger partial charge >= 0.3 is 12.0 Å². The van der Waals surface area contributed by atoms with Crippen molar-refractivity contribution in [3.05, 3.63) is 0 Å². The van der Waals surface area contributed by atoms with E-state index < -0.39 is 12.1 Å². The topological polar surface area (TPSA) is 96.9 Å².